The molecule has 2 aliphatic heterocycles. The first kappa shape index (κ1) is 25.9. The summed E-state index contributed by atoms with van der Waals surface area (Å²) in [5, 5.41) is 14.3. The molecule has 6 rings (SSSR count). The van der Waals surface area contributed by atoms with E-state index in [-0.39, 0.29) is 11.9 Å². The molecular formula is C27H31FN10O2. The van der Waals surface area contributed by atoms with Crippen LogP contribution in [0.4, 0.5) is 22.0 Å². The summed E-state index contributed by atoms with van der Waals surface area (Å²) in [6.07, 6.45) is 5.19. The highest BCUT2D eigenvalue weighted by Gasteiger charge is 2.48. The quantitative estimate of drug-likeness (QED) is 0.374. The van der Waals surface area contributed by atoms with Crippen LogP contribution in [0.5, 0.6) is 0 Å². The lowest BCUT2D eigenvalue weighted by molar-refractivity contribution is -0.178. The Kier molecular flexibility index (Phi) is 6.66. The highest BCUT2D eigenvalue weighted by Crippen LogP contribution is 2.36. The van der Waals surface area contributed by atoms with Crippen molar-refractivity contribution in [3.05, 3.63) is 65.6 Å². The van der Waals surface area contributed by atoms with Crippen molar-refractivity contribution < 1.29 is 13.9 Å². The van der Waals surface area contributed by atoms with Crippen LogP contribution in [0.25, 0.3) is 5.82 Å². The maximum Gasteiger partial charge on any atom is 0.255 e. The van der Waals surface area contributed by atoms with Gasteiger partial charge in [0.1, 0.15) is 11.4 Å². The lowest BCUT2D eigenvalue weighted by Crippen LogP contribution is -2.61. The Morgan fingerprint density at radius 2 is 1.93 bits per heavy atom. The number of hydrogen-bond acceptors (Lipinski definition) is 9. The van der Waals surface area contributed by atoms with Gasteiger partial charge >= 0.3 is 0 Å². The van der Waals surface area contributed by atoms with Crippen molar-refractivity contribution in [3.63, 3.8) is 0 Å². The third-order valence-corrected chi connectivity index (χ3v) is 7.53. The highest BCUT2D eigenvalue weighted by atomic mass is 19.1. The van der Waals surface area contributed by atoms with E-state index in [1.807, 2.05) is 43.9 Å². The van der Waals surface area contributed by atoms with Gasteiger partial charge in [-0.05, 0) is 32.4 Å². The molecule has 2 saturated heterocycles. The average molecular weight is 547 g/mol. The van der Waals surface area contributed by atoms with Crippen LogP contribution in [0.1, 0.15) is 42.8 Å². The van der Waals surface area contributed by atoms with Gasteiger partial charge in [-0.3, -0.25) is 9.89 Å². The average Bonchev–Trinajstić information content (AvgIpc) is 3.57. The fourth-order valence-corrected chi connectivity index (χ4v) is 5.32. The van der Waals surface area contributed by atoms with Gasteiger partial charge in [0.25, 0.3) is 5.91 Å². The zero-order valence-corrected chi connectivity index (χ0v) is 22.6. The number of ether oxygens (including phenoxy) is 1. The first-order chi connectivity index (χ1) is 19.3. The number of H-pyrrole nitrogens is 1. The Labute approximate surface area is 230 Å². The van der Waals surface area contributed by atoms with E-state index in [0.717, 1.165) is 23.1 Å². The van der Waals surface area contributed by atoms with Crippen molar-refractivity contribution in [2.75, 3.05) is 36.5 Å². The van der Waals surface area contributed by atoms with E-state index in [1.165, 1.54) is 10.9 Å². The minimum atomic E-state index is -0.875. The summed E-state index contributed by atoms with van der Waals surface area (Å²) in [5.41, 5.74) is 1.80. The SMILES string of the molecule is Cc1cc(Nc2cc(C)[nH]n2)nc(N2CCC3(CC2)OCCN([C@H](C)c2ccc(-n4cc(F)cn4)nc2)C3=O)n1. The number of anilines is 3. The molecule has 0 saturated carbocycles. The first-order valence-corrected chi connectivity index (χ1v) is 13.3. The molecule has 4 aromatic rings. The number of amides is 1. The first-order valence-electron chi connectivity index (χ1n) is 13.3. The number of carbonyl (C=O) groups excluding carboxylic acids is 1. The molecule has 208 valence electrons. The monoisotopic (exact) mass is 546 g/mol. The standard InChI is InChI=1S/C27H31FN10O2/c1-17-12-22(32-23-13-18(2)34-35-23)33-26(31-17)36-8-6-27(7-9-36)25(39)37(10-11-40-27)19(3)20-4-5-24(29-14-20)38-16-21(28)15-30-38/h4-5,12-16,19H,6-11H2,1-3H3,(H2,31,32,33,34,35)/t19-/m1/s1. The molecule has 0 aromatic carbocycles. The second-order valence-electron chi connectivity index (χ2n) is 10.3. The Bertz CT molecular complexity index is 1510. The number of piperidine rings is 1. The summed E-state index contributed by atoms with van der Waals surface area (Å²) in [6.45, 7) is 8.01. The van der Waals surface area contributed by atoms with Crippen LogP contribution in [-0.2, 0) is 9.53 Å². The van der Waals surface area contributed by atoms with Gasteiger partial charge in [0.05, 0.1) is 25.0 Å². The number of aromatic amines is 1. The van der Waals surface area contributed by atoms with Crippen LogP contribution in [0.3, 0.4) is 0 Å². The zero-order chi connectivity index (χ0) is 27.9. The maximum atomic E-state index is 13.8. The van der Waals surface area contributed by atoms with Crippen LogP contribution >= 0.6 is 0 Å². The Hall–Kier alpha value is -4.39. The molecule has 2 aliphatic rings. The number of morpholine rings is 1. The van der Waals surface area contributed by atoms with E-state index in [2.05, 4.69) is 35.5 Å². The molecule has 6 heterocycles. The summed E-state index contributed by atoms with van der Waals surface area (Å²) in [4.78, 5) is 31.6. The van der Waals surface area contributed by atoms with Gasteiger partial charge in [-0.2, -0.15) is 15.2 Å². The van der Waals surface area contributed by atoms with Crippen LogP contribution in [-0.4, -0.2) is 77.6 Å². The van der Waals surface area contributed by atoms with Crippen molar-refractivity contribution in [2.24, 2.45) is 0 Å². The summed E-state index contributed by atoms with van der Waals surface area (Å²) in [5.74, 6) is 2.04. The van der Waals surface area contributed by atoms with Gasteiger partial charge in [-0.15, -0.1) is 0 Å². The number of carbonyl (C=O) groups is 1. The van der Waals surface area contributed by atoms with Crippen LogP contribution in [0.15, 0.2) is 42.9 Å². The Balaban J connectivity index is 1.13. The number of pyridine rings is 1. The van der Waals surface area contributed by atoms with E-state index in [4.69, 9.17) is 9.72 Å². The molecule has 2 N–H and O–H groups in total. The van der Waals surface area contributed by atoms with Gasteiger partial charge in [-0.25, -0.2) is 19.0 Å². The molecule has 1 spiro atoms. The second-order valence-corrected chi connectivity index (χ2v) is 10.3. The topological polar surface area (TPSA) is 130 Å². The van der Waals surface area contributed by atoms with Crippen molar-refractivity contribution in [2.45, 2.75) is 45.3 Å². The molecule has 4 aromatic heterocycles. The third kappa shape index (κ3) is 4.99. The number of hydrogen-bond donors (Lipinski definition) is 2. The molecule has 0 unspecified atom stereocenters. The molecular weight excluding hydrogens is 515 g/mol. The molecule has 40 heavy (non-hydrogen) atoms. The third-order valence-electron chi connectivity index (χ3n) is 7.53. The van der Waals surface area contributed by atoms with E-state index < -0.39 is 11.4 Å². The molecule has 1 atom stereocenters. The summed E-state index contributed by atoms with van der Waals surface area (Å²) >= 11 is 0. The van der Waals surface area contributed by atoms with Gasteiger partial charge in [0.15, 0.2) is 17.5 Å². The number of halogens is 1. The fraction of sp³-hybridized carbons (Fsp3) is 0.407. The summed E-state index contributed by atoms with van der Waals surface area (Å²) < 4.78 is 20.9. The van der Waals surface area contributed by atoms with Gasteiger partial charge in [-0.1, -0.05) is 6.07 Å². The largest absolute Gasteiger partial charge is 0.363 e. The van der Waals surface area contributed by atoms with E-state index in [0.29, 0.717) is 62.5 Å². The van der Waals surface area contributed by atoms with E-state index in [9.17, 15) is 9.18 Å². The van der Waals surface area contributed by atoms with E-state index >= 15 is 0 Å². The highest BCUT2D eigenvalue weighted by molar-refractivity contribution is 5.86. The summed E-state index contributed by atoms with van der Waals surface area (Å²) in [6, 6.07) is 7.26. The predicted octanol–water partition coefficient (Wildman–Crippen LogP) is 3.24. The lowest BCUT2D eigenvalue weighted by Gasteiger charge is -2.47. The van der Waals surface area contributed by atoms with Crippen molar-refractivity contribution in [1.82, 2.24) is 39.8 Å². The molecule has 0 radical (unpaired) electrons. The predicted molar refractivity (Wildman–Crippen MR) is 145 cm³/mol. The smallest absolute Gasteiger partial charge is 0.255 e. The molecule has 1 amide bonds. The van der Waals surface area contributed by atoms with Crippen molar-refractivity contribution >= 4 is 23.5 Å². The zero-order valence-electron chi connectivity index (χ0n) is 22.6. The van der Waals surface area contributed by atoms with Gasteiger partial charge in [0, 0.05) is 62.2 Å². The number of aryl methyl sites for hydroxylation is 2. The second kappa shape index (κ2) is 10.3. The normalized spacial score (nSPS) is 17.9. The van der Waals surface area contributed by atoms with Crippen LogP contribution < -0.4 is 10.2 Å². The summed E-state index contributed by atoms with van der Waals surface area (Å²) in [7, 11) is 0. The minimum Gasteiger partial charge on any atom is -0.363 e. The van der Waals surface area contributed by atoms with Crippen molar-refractivity contribution in [1.29, 1.82) is 0 Å². The number of rotatable bonds is 6. The number of nitrogens with one attached hydrogen (secondary N) is 2. The lowest BCUT2D eigenvalue weighted by atomic mass is 9.87. The van der Waals surface area contributed by atoms with Gasteiger partial charge < -0.3 is 19.9 Å². The maximum absolute atomic E-state index is 13.8. The molecule has 0 bridgehead atoms. The van der Waals surface area contributed by atoms with Crippen molar-refractivity contribution in [3.8, 4) is 5.82 Å². The molecule has 13 heteroatoms. The van der Waals surface area contributed by atoms with Gasteiger partial charge in [0.2, 0.25) is 5.95 Å². The van der Waals surface area contributed by atoms with E-state index in [1.54, 1.807) is 12.3 Å². The molecule has 12 nitrogen and oxygen atoms in total. The molecule has 2 fully saturated rings. The van der Waals surface area contributed by atoms with Crippen LogP contribution in [0, 0.1) is 19.7 Å². The Morgan fingerprint density at radius 3 is 2.60 bits per heavy atom. The Morgan fingerprint density at radius 1 is 1.10 bits per heavy atom. The van der Waals surface area contributed by atoms with Crippen LogP contribution in [0.2, 0.25) is 0 Å². The fourth-order valence-electron chi connectivity index (χ4n) is 5.32. The minimum absolute atomic E-state index is 0.00876. The molecule has 0 aliphatic carbocycles. The number of aromatic nitrogens is 7. The number of nitrogens with zero attached hydrogens (tertiary/aromatic N) is 8.